The Labute approximate surface area is 125 Å². The summed E-state index contributed by atoms with van der Waals surface area (Å²) in [5.41, 5.74) is 1.80. The molecule has 0 aliphatic carbocycles. The highest BCUT2D eigenvalue weighted by Gasteiger charge is 2.09. The van der Waals surface area contributed by atoms with E-state index in [2.05, 4.69) is 9.97 Å². The van der Waals surface area contributed by atoms with Crippen LogP contribution in [0.1, 0.15) is 39.4 Å². The van der Waals surface area contributed by atoms with Gasteiger partial charge in [0.15, 0.2) is 0 Å². The molecule has 1 heterocycles. The number of hydrogen-bond donors (Lipinski definition) is 0. The molecule has 3 nitrogen and oxygen atoms in total. The van der Waals surface area contributed by atoms with Crippen LogP contribution in [0.4, 0.5) is 0 Å². The molecule has 2 rings (SSSR count). The summed E-state index contributed by atoms with van der Waals surface area (Å²) in [6.45, 7) is 8.11. The van der Waals surface area contributed by atoms with Crippen molar-refractivity contribution in [2.45, 2.75) is 39.7 Å². The average Bonchev–Trinajstić information content (AvgIpc) is 2.37. The van der Waals surface area contributed by atoms with Gasteiger partial charge in [0.1, 0.15) is 16.7 Å². The van der Waals surface area contributed by atoms with Gasteiger partial charge in [-0.05, 0) is 26.0 Å². The second-order valence-electron chi connectivity index (χ2n) is 5.28. The number of aromatic nitrogens is 2. The van der Waals surface area contributed by atoms with Crippen molar-refractivity contribution >= 4 is 11.6 Å². The van der Waals surface area contributed by atoms with Crippen LogP contribution in [0.2, 0.25) is 5.15 Å². The summed E-state index contributed by atoms with van der Waals surface area (Å²) in [6, 6.07) is 9.65. The van der Waals surface area contributed by atoms with Gasteiger partial charge in [-0.25, -0.2) is 9.97 Å². The molecule has 20 heavy (non-hydrogen) atoms. The fourth-order valence-electron chi connectivity index (χ4n) is 1.84. The summed E-state index contributed by atoms with van der Waals surface area (Å²) in [7, 11) is 0. The molecule has 0 atom stereocenters. The monoisotopic (exact) mass is 290 g/mol. The number of hydrogen-bond acceptors (Lipinski definition) is 3. The van der Waals surface area contributed by atoms with Crippen molar-refractivity contribution in [2.75, 3.05) is 0 Å². The third kappa shape index (κ3) is 3.70. The zero-order valence-electron chi connectivity index (χ0n) is 12.2. The molecule has 0 N–H and O–H groups in total. The lowest BCUT2D eigenvalue weighted by Crippen LogP contribution is -2.05. The molecule has 1 aromatic carbocycles. The molecule has 2 aromatic rings. The maximum absolute atomic E-state index is 6.09. The van der Waals surface area contributed by atoms with Crippen molar-refractivity contribution < 1.29 is 4.74 Å². The van der Waals surface area contributed by atoms with E-state index in [9.17, 15) is 0 Å². The van der Waals surface area contributed by atoms with E-state index in [1.807, 2.05) is 52.0 Å². The molecule has 0 spiro atoms. The van der Waals surface area contributed by atoms with E-state index in [4.69, 9.17) is 16.3 Å². The van der Waals surface area contributed by atoms with E-state index >= 15 is 0 Å². The smallest absolute Gasteiger partial charge is 0.133 e. The normalized spacial score (nSPS) is 11.2. The van der Waals surface area contributed by atoms with Crippen LogP contribution < -0.4 is 4.74 Å². The topological polar surface area (TPSA) is 35.0 Å². The minimum Gasteiger partial charge on any atom is -0.491 e. The van der Waals surface area contributed by atoms with Crippen molar-refractivity contribution in [3.8, 4) is 17.0 Å². The summed E-state index contributed by atoms with van der Waals surface area (Å²) < 4.78 is 5.71. The number of rotatable bonds is 4. The molecule has 0 unspecified atom stereocenters. The van der Waals surface area contributed by atoms with Crippen LogP contribution >= 0.6 is 11.6 Å². The predicted molar refractivity (Wildman–Crippen MR) is 82.3 cm³/mol. The molecule has 0 bridgehead atoms. The Bertz CT molecular complexity index is 597. The Morgan fingerprint density at radius 3 is 2.45 bits per heavy atom. The molecule has 0 saturated carbocycles. The zero-order valence-corrected chi connectivity index (χ0v) is 13.0. The first kappa shape index (κ1) is 14.8. The number of ether oxygens (including phenoxy) is 1. The summed E-state index contributed by atoms with van der Waals surface area (Å²) in [6.07, 6.45) is 0.144. The number of benzene rings is 1. The fraction of sp³-hybridized carbons (Fsp3) is 0.375. The largest absolute Gasteiger partial charge is 0.491 e. The minimum absolute atomic E-state index is 0.144. The number of halogens is 1. The van der Waals surface area contributed by atoms with Gasteiger partial charge in [0.25, 0.3) is 0 Å². The Morgan fingerprint density at radius 2 is 1.80 bits per heavy atom. The maximum Gasteiger partial charge on any atom is 0.133 e. The third-order valence-electron chi connectivity index (χ3n) is 2.73. The summed E-state index contributed by atoms with van der Waals surface area (Å²) in [5, 5.41) is 0.467. The van der Waals surface area contributed by atoms with E-state index in [1.54, 1.807) is 6.07 Å². The van der Waals surface area contributed by atoms with Crippen LogP contribution in [-0.4, -0.2) is 16.1 Å². The molecule has 0 amide bonds. The second kappa shape index (κ2) is 6.23. The van der Waals surface area contributed by atoms with Gasteiger partial charge in [0, 0.05) is 17.5 Å². The van der Waals surface area contributed by atoms with Gasteiger partial charge in [0.2, 0.25) is 0 Å². The maximum atomic E-state index is 6.09. The van der Waals surface area contributed by atoms with Crippen LogP contribution in [0.15, 0.2) is 30.3 Å². The van der Waals surface area contributed by atoms with Gasteiger partial charge >= 0.3 is 0 Å². The van der Waals surface area contributed by atoms with Crippen LogP contribution in [0.3, 0.4) is 0 Å². The van der Waals surface area contributed by atoms with Gasteiger partial charge in [-0.15, -0.1) is 0 Å². The summed E-state index contributed by atoms with van der Waals surface area (Å²) >= 11 is 6.09. The molecule has 0 saturated heterocycles. The Kier molecular flexibility index (Phi) is 4.61. The van der Waals surface area contributed by atoms with Gasteiger partial charge in [-0.2, -0.15) is 0 Å². The average molecular weight is 291 g/mol. The van der Waals surface area contributed by atoms with Gasteiger partial charge in [-0.1, -0.05) is 37.6 Å². The highest BCUT2D eigenvalue weighted by atomic mass is 35.5. The first-order valence-electron chi connectivity index (χ1n) is 6.77. The van der Waals surface area contributed by atoms with Crippen LogP contribution in [0.25, 0.3) is 11.3 Å². The fourth-order valence-corrected chi connectivity index (χ4v) is 2.03. The minimum atomic E-state index is 0.144. The third-order valence-corrected chi connectivity index (χ3v) is 2.92. The van der Waals surface area contributed by atoms with E-state index in [0.717, 1.165) is 22.8 Å². The quantitative estimate of drug-likeness (QED) is 0.765. The highest BCUT2D eigenvalue weighted by Crippen LogP contribution is 2.26. The molecule has 0 radical (unpaired) electrons. The summed E-state index contributed by atoms with van der Waals surface area (Å²) in [4.78, 5) is 8.83. The summed E-state index contributed by atoms with van der Waals surface area (Å²) in [5.74, 6) is 1.82. The predicted octanol–water partition coefficient (Wildman–Crippen LogP) is 4.71. The van der Waals surface area contributed by atoms with Crippen molar-refractivity contribution in [1.29, 1.82) is 0 Å². The Balaban J connectivity index is 2.40. The SMILES string of the molecule is CC(C)Oc1cccc(-c2cc(Cl)nc(C(C)C)n2)c1. The van der Waals surface area contributed by atoms with E-state index in [0.29, 0.717) is 5.15 Å². The first-order chi connectivity index (χ1) is 9.45. The second-order valence-corrected chi connectivity index (χ2v) is 5.67. The van der Waals surface area contributed by atoms with Crippen molar-refractivity contribution in [1.82, 2.24) is 9.97 Å². The van der Waals surface area contributed by atoms with Crippen molar-refractivity contribution in [2.24, 2.45) is 0 Å². The Morgan fingerprint density at radius 1 is 1.05 bits per heavy atom. The van der Waals surface area contributed by atoms with E-state index < -0.39 is 0 Å². The van der Waals surface area contributed by atoms with Gasteiger partial charge < -0.3 is 4.74 Å². The first-order valence-corrected chi connectivity index (χ1v) is 7.15. The standard InChI is InChI=1S/C16H19ClN2O/c1-10(2)16-18-14(9-15(17)19-16)12-6-5-7-13(8-12)20-11(3)4/h5-11H,1-4H3. The van der Waals surface area contributed by atoms with E-state index in [1.165, 1.54) is 0 Å². The highest BCUT2D eigenvalue weighted by molar-refractivity contribution is 6.29. The molecular weight excluding hydrogens is 272 g/mol. The zero-order chi connectivity index (χ0) is 14.7. The van der Waals surface area contributed by atoms with Crippen LogP contribution in [0.5, 0.6) is 5.75 Å². The van der Waals surface area contributed by atoms with Crippen molar-refractivity contribution in [3.05, 3.63) is 41.3 Å². The lowest BCUT2D eigenvalue weighted by molar-refractivity contribution is 0.242. The molecule has 0 fully saturated rings. The molecule has 0 aliphatic heterocycles. The van der Waals surface area contributed by atoms with Gasteiger partial charge in [0.05, 0.1) is 11.8 Å². The molecule has 1 aromatic heterocycles. The van der Waals surface area contributed by atoms with Crippen molar-refractivity contribution in [3.63, 3.8) is 0 Å². The molecule has 106 valence electrons. The lowest BCUT2D eigenvalue weighted by Gasteiger charge is -2.12. The molecule has 4 heteroatoms. The van der Waals surface area contributed by atoms with E-state index in [-0.39, 0.29) is 12.0 Å². The molecular formula is C16H19ClN2O. The lowest BCUT2D eigenvalue weighted by atomic mass is 10.1. The van der Waals surface area contributed by atoms with Gasteiger partial charge in [-0.3, -0.25) is 0 Å². The van der Waals surface area contributed by atoms with Crippen LogP contribution in [-0.2, 0) is 0 Å². The number of nitrogens with zero attached hydrogens (tertiary/aromatic N) is 2. The Hall–Kier alpha value is -1.61. The molecule has 0 aliphatic rings. The van der Waals surface area contributed by atoms with Crippen LogP contribution in [0, 0.1) is 0 Å².